The van der Waals surface area contributed by atoms with Gasteiger partial charge in [0.15, 0.2) is 12.4 Å². The summed E-state index contributed by atoms with van der Waals surface area (Å²) in [6.07, 6.45) is 2.91. The van der Waals surface area contributed by atoms with E-state index in [0.717, 1.165) is 0 Å². The highest BCUT2D eigenvalue weighted by atomic mass is 32.2. The van der Waals surface area contributed by atoms with Crippen LogP contribution in [0.25, 0.3) is 0 Å². The van der Waals surface area contributed by atoms with Crippen molar-refractivity contribution in [3.8, 4) is 5.75 Å². The number of nitrogens with one attached hydrogen (secondary N) is 1. The van der Waals surface area contributed by atoms with Crippen LogP contribution in [-0.4, -0.2) is 59.4 Å². The van der Waals surface area contributed by atoms with Crippen LogP contribution in [-0.2, 0) is 19.1 Å². The van der Waals surface area contributed by atoms with Gasteiger partial charge in [-0.05, 0) is 23.8 Å². The van der Waals surface area contributed by atoms with Crippen molar-refractivity contribution in [2.24, 2.45) is 0 Å². The number of ketones is 1. The fourth-order valence-electron chi connectivity index (χ4n) is 3.61. The molecular weight excluding hydrogens is 456 g/mol. The van der Waals surface area contributed by atoms with Crippen LogP contribution in [0.15, 0.2) is 84.1 Å². The third-order valence-corrected chi connectivity index (χ3v) is 6.60. The van der Waals surface area contributed by atoms with Gasteiger partial charge in [0.1, 0.15) is 22.9 Å². The second-order valence-corrected chi connectivity index (χ2v) is 8.59. The number of nitrogens with zero attached hydrogens (tertiary/aromatic N) is 1. The number of allylic oxidation sites excluding steroid dienone is 2. The predicted octanol–water partition coefficient (Wildman–Crippen LogP) is 2.33. The standard InChI is InChI=1S/C25H22N2O6S/c1-32-25(31)22-17(12-13-19(28)16-8-4-2-5-9-16)15-34-24-21(23(30)27(22)24)26-20(29)14-33-18-10-6-3-7-11-18/h2-13,21,24H,14-15H2,1H3,(H,26,29)/b13-12+/t21-,24-/m1/s1. The van der Waals surface area contributed by atoms with Gasteiger partial charge in [0.2, 0.25) is 0 Å². The lowest BCUT2D eigenvalue weighted by Gasteiger charge is -2.49. The van der Waals surface area contributed by atoms with Crippen LogP contribution >= 0.6 is 11.8 Å². The Bertz CT molecular complexity index is 1160. The predicted molar refractivity (Wildman–Crippen MR) is 126 cm³/mol. The molecule has 9 heteroatoms. The summed E-state index contributed by atoms with van der Waals surface area (Å²) in [5.74, 6) is -0.852. The Morgan fingerprint density at radius 2 is 1.76 bits per heavy atom. The number of carbonyl (C=O) groups is 4. The van der Waals surface area contributed by atoms with Crippen molar-refractivity contribution in [1.29, 1.82) is 0 Å². The molecule has 2 heterocycles. The molecule has 0 bridgehead atoms. The molecule has 2 aliphatic rings. The molecule has 174 valence electrons. The lowest BCUT2D eigenvalue weighted by molar-refractivity contribution is -0.151. The van der Waals surface area contributed by atoms with E-state index in [2.05, 4.69) is 5.32 Å². The van der Waals surface area contributed by atoms with Crippen LogP contribution in [0.1, 0.15) is 10.4 Å². The smallest absolute Gasteiger partial charge is 0.355 e. The third kappa shape index (κ3) is 4.89. The molecule has 1 N–H and O–H groups in total. The number of para-hydroxylation sites is 1. The number of ether oxygens (including phenoxy) is 2. The lowest BCUT2D eigenvalue weighted by atomic mass is 10.0. The molecule has 0 radical (unpaired) electrons. The van der Waals surface area contributed by atoms with E-state index in [1.165, 1.54) is 35.9 Å². The monoisotopic (exact) mass is 478 g/mol. The lowest BCUT2D eigenvalue weighted by Crippen LogP contribution is -2.70. The van der Waals surface area contributed by atoms with Crippen molar-refractivity contribution in [2.75, 3.05) is 19.5 Å². The first-order valence-electron chi connectivity index (χ1n) is 10.5. The van der Waals surface area contributed by atoms with Crippen molar-refractivity contribution in [3.63, 3.8) is 0 Å². The Hall–Kier alpha value is -3.85. The summed E-state index contributed by atoms with van der Waals surface area (Å²) in [6, 6.07) is 16.8. The van der Waals surface area contributed by atoms with E-state index in [-0.39, 0.29) is 18.1 Å². The molecule has 2 aromatic carbocycles. The molecule has 34 heavy (non-hydrogen) atoms. The number of esters is 1. The maximum Gasteiger partial charge on any atom is 0.355 e. The van der Waals surface area contributed by atoms with E-state index >= 15 is 0 Å². The maximum atomic E-state index is 12.9. The van der Waals surface area contributed by atoms with E-state index in [9.17, 15) is 19.2 Å². The van der Waals surface area contributed by atoms with Crippen LogP contribution < -0.4 is 10.1 Å². The van der Waals surface area contributed by atoms with Gasteiger partial charge in [-0.1, -0.05) is 54.6 Å². The average molecular weight is 479 g/mol. The zero-order chi connectivity index (χ0) is 24.1. The molecule has 4 rings (SSSR count). The van der Waals surface area contributed by atoms with E-state index in [1.807, 2.05) is 12.1 Å². The van der Waals surface area contributed by atoms with Crippen molar-refractivity contribution in [2.45, 2.75) is 11.4 Å². The molecule has 0 aromatic heterocycles. The Morgan fingerprint density at radius 3 is 2.44 bits per heavy atom. The number of benzene rings is 2. The first-order chi connectivity index (χ1) is 16.5. The summed E-state index contributed by atoms with van der Waals surface area (Å²) < 4.78 is 10.3. The summed E-state index contributed by atoms with van der Waals surface area (Å²) in [4.78, 5) is 51.4. The van der Waals surface area contributed by atoms with E-state index < -0.39 is 29.2 Å². The Balaban J connectivity index is 1.45. The van der Waals surface area contributed by atoms with Gasteiger partial charge in [-0.15, -0.1) is 11.8 Å². The zero-order valence-corrected chi connectivity index (χ0v) is 19.1. The van der Waals surface area contributed by atoms with Gasteiger partial charge in [0.05, 0.1) is 7.11 Å². The summed E-state index contributed by atoms with van der Waals surface area (Å²) in [5.41, 5.74) is 1.10. The Kier molecular flexibility index (Phi) is 7.12. The maximum absolute atomic E-state index is 12.9. The summed E-state index contributed by atoms with van der Waals surface area (Å²) in [6.45, 7) is -0.236. The highest BCUT2D eigenvalue weighted by Gasteiger charge is 2.54. The average Bonchev–Trinajstić information content (AvgIpc) is 2.89. The Morgan fingerprint density at radius 1 is 1.09 bits per heavy atom. The van der Waals surface area contributed by atoms with E-state index in [0.29, 0.717) is 22.6 Å². The van der Waals surface area contributed by atoms with Gasteiger partial charge < -0.3 is 14.8 Å². The molecule has 2 aliphatic heterocycles. The number of rotatable bonds is 8. The van der Waals surface area contributed by atoms with Crippen LogP contribution in [0.2, 0.25) is 0 Å². The van der Waals surface area contributed by atoms with Gasteiger partial charge in [-0.25, -0.2) is 4.79 Å². The normalized spacial score (nSPS) is 19.3. The number of β-lactam (4-membered cyclic amide) rings is 1. The largest absolute Gasteiger partial charge is 0.484 e. The minimum atomic E-state index is -0.784. The van der Waals surface area contributed by atoms with Crippen molar-refractivity contribution in [3.05, 3.63) is 89.6 Å². The molecule has 0 spiro atoms. The van der Waals surface area contributed by atoms with Crippen LogP contribution in [0.4, 0.5) is 0 Å². The highest BCUT2D eigenvalue weighted by molar-refractivity contribution is 8.00. The van der Waals surface area contributed by atoms with E-state index in [1.54, 1.807) is 48.5 Å². The van der Waals surface area contributed by atoms with Gasteiger partial charge in [0, 0.05) is 11.3 Å². The first-order valence-corrected chi connectivity index (χ1v) is 11.6. The quantitative estimate of drug-likeness (QED) is 0.269. The third-order valence-electron chi connectivity index (χ3n) is 5.30. The number of carbonyl (C=O) groups excluding carboxylic acids is 4. The van der Waals surface area contributed by atoms with Gasteiger partial charge in [-0.2, -0.15) is 0 Å². The summed E-state index contributed by atoms with van der Waals surface area (Å²) in [7, 11) is 1.23. The minimum absolute atomic E-state index is 0.0828. The van der Waals surface area contributed by atoms with Crippen LogP contribution in [0, 0.1) is 0 Å². The molecule has 2 atom stereocenters. The van der Waals surface area contributed by atoms with E-state index in [4.69, 9.17) is 9.47 Å². The van der Waals surface area contributed by atoms with Gasteiger partial charge in [0.25, 0.3) is 11.8 Å². The summed E-state index contributed by atoms with van der Waals surface area (Å²) in [5, 5.41) is 2.22. The molecule has 2 aromatic rings. The second kappa shape index (κ2) is 10.4. The highest BCUT2D eigenvalue weighted by Crippen LogP contribution is 2.41. The second-order valence-electron chi connectivity index (χ2n) is 7.49. The van der Waals surface area contributed by atoms with Crippen LogP contribution in [0.5, 0.6) is 5.75 Å². The number of amides is 2. The SMILES string of the molecule is COC(=O)C1=C(/C=C/C(=O)c2ccccc2)CS[C@@H]2[C@H](NC(=O)COc3ccccc3)C(=O)N12. The van der Waals surface area contributed by atoms with Gasteiger partial charge >= 0.3 is 5.97 Å². The fourth-order valence-corrected chi connectivity index (χ4v) is 4.93. The summed E-state index contributed by atoms with van der Waals surface area (Å²) >= 11 is 1.39. The molecule has 1 saturated heterocycles. The molecule has 2 amide bonds. The Labute approximate surface area is 200 Å². The molecule has 0 saturated carbocycles. The number of thioether (sulfide) groups is 1. The molecule has 0 unspecified atom stereocenters. The van der Waals surface area contributed by atoms with Crippen LogP contribution in [0.3, 0.4) is 0 Å². The molecule has 1 fully saturated rings. The van der Waals surface area contributed by atoms with Crippen molar-refractivity contribution < 1.29 is 28.7 Å². The zero-order valence-electron chi connectivity index (χ0n) is 18.3. The number of methoxy groups -OCH3 is 1. The topological polar surface area (TPSA) is 102 Å². The van der Waals surface area contributed by atoms with Gasteiger partial charge in [-0.3, -0.25) is 19.3 Å². The number of fused-ring (bicyclic) bond motifs is 1. The molecule has 0 aliphatic carbocycles. The van der Waals surface area contributed by atoms with Crippen molar-refractivity contribution >= 4 is 35.3 Å². The number of hydrogen-bond donors (Lipinski definition) is 1. The van der Waals surface area contributed by atoms with Crippen molar-refractivity contribution in [1.82, 2.24) is 10.2 Å². The minimum Gasteiger partial charge on any atom is -0.484 e. The first kappa shape index (κ1) is 23.3. The molecular formula is C25H22N2O6S. The fraction of sp³-hybridized carbons (Fsp3) is 0.200. The number of hydrogen-bond acceptors (Lipinski definition) is 7. The molecule has 8 nitrogen and oxygen atoms in total.